The molecule has 0 aromatic rings. The maximum Gasteiger partial charge on any atom is 0.193 e. The third kappa shape index (κ3) is 7.57. The van der Waals surface area contributed by atoms with Gasteiger partial charge in [-0.15, -0.1) is 0 Å². The van der Waals surface area contributed by atoms with Crippen LogP contribution in [0.2, 0.25) is 0 Å². The fraction of sp³-hybridized carbons (Fsp3) is 0.782. The number of ketones is 4. The van der Waals surface area contributed by atoms with Gasteiger partial charge in [-0.3, -0.25) is 19.2 Å². The van der Waals surface area contributed by atoms with Gasteiger partial charge in [-0.25, -0.2) is 0 Å². The first-order chi connectivity index (χ1) is 31.8. The van der Waals surface area contributed by atoms with Crippen LogP contribution in [0.15, 0.2) is 47.6 Å². The first kappa shape index (κ1) is 50.7. The Hall–Kier alpha value is -2.68. The smallest absolute Gasteiger partial charge is 0.193 e. The standard InChI is InChI=1S/C27H38O6.C25H34O6.C3H8/c1-5-7-23-32-22-13-19-18-9-8-16-12-17(28)10-11-25(16,3)24(18)20(29)14-26(19,4)27(22,33-23)21(30)15-31-6-2;1-4-5-21-30-20-11-17-16-7-6-14-10-15(27)8-9-23(14,2)22(16)18(28)12-24(17,3)25(20,31-21)19(29)13-26;1-3-2/h10-12,18-20,22-24,29H,5-9,13-15H2,1-4H3;8-10,16-18,20-22,26,28H,4-7,11-13H2,1-3H3;3H2,1-2H3/t18-,19-,20-,22+,23?,24+,25-,26-,27+;16-,17-,18-,20+,21?,22+,23-,24-,25+;/m00./s1. The average Bonchev–Trinajstić information content (AvgIpc) is 3.98. The van der Waals surface area contributed by atoms with E-state index in [2.05, 4.69) is 55.4 Å². The van der Waals surface area contributed by atoms with E-state index in [1.54, 1.807) is 24.3 Å². The second-order valence-corrected chi connectivity index (χ2v) is 22.6. The number of ether oxygens (including phenoxy) is 5. The van der Waals surface area contributed by atoms with Crippen LogP contribution in [0.25, 0.3) is 0 Å². The van der Waals surface area contributed by atoms with Crippen LogP contribution in [0.4, 0.5) is 0 Å². The van der Waals surface area contributed by atoms with Gasteiger partial charge in [0.1, 0.15) is 13.2 Å². The lowest BCUT2D eigenvalue weighted by molar-refractivity contribution is -0.201. The lowest BCUT2D eigenvalue weighted by Crippen LogP contribution is -2.63. The van der Waals surface area contributed by atoms with E-state index in [1.807, 2.05) is 19.1 Å². The molecule has 10 aliphatic rings. The van der Waals surface area contributed by atoms with E-state index in [0.717, 1.165) is 62.5 Å². The van der Waals surface area contributed by atoms with Gasteiger partial charge < -0.3 is 39.0 Å². The summed E-state index contributed by atoms with van der Waals surface area (Å²) < 4.78 is 31.2. The second-order valence-electron chi connectivity index (χ2n) is 22.6. The monoisotopic (exact) mass is 933 g/mol. The molecule has 12 nitrogen and oxygen atoms in total. The highest BCUT2D eigenvalue weighted by molar-refractivity contribution is 6.01. The Morgan fingerprint density at radius 1 is 0.687 bits per heavy atom. The third-order valence-corrected chi connectivity index (χ3v) is 19.0. The summed E-state index contributed by atoms with van der Waals surface area (Å²) in [5.74, 6) is 0.473. The van der Waals surface area contributed by atoms with Gasteiger partial charge in [0.25, 0.3) is 0 Å². The van der Waals surface area contributed by atoms with Crippen molar-refractivity contribution in [2.75, 3.05) is 19.8 Å². The zero-order chi connectivity index (χ0) is 48.5. The predicted molar refractivity (Wildman–Crippen MR) is 251 cm³/mol. The van der Waals surface area contributed by atoms with Crippen LogP contribution in [0.5, 0.6) is 0 Å². The number of hydrogen-bond acceptors (Lipinski definition) is 12. The fourth-order valence-electron chi connectivity index (χ4n) is 16.4. The summed E-state index contributed by atoms with van der Waals surface area (Å²) in [5, 5.41) is 33.1. The molecule has 2 unspecified atom stereocenters. The van der Waals surface area contributed by atoms with Crippen molar-refractivity contribution in [3.8, 4) is 0 Å². The number of carbonyl (C=O) groups excluding carboxylic acids is 4. The minimum absolute atomic E-state index is 0.0111. The van der Waals surface area contributed by atoms with Crippen LogP contribution in [-0.4, -0.2) is 106 Å². The molecule has 12 heteroatoms. The zero-order valence-corrected chi connectivity index (χ0v) is 41.7. The molecule has 0 bridgehead atoms. The molecule has 8 aliphatic carbocycles. The first-order valence-corrected chi connectivity index (χ1v) is 26.0. The fourth-order valence-corrected chi connectivity index (χ4v) is 16.4. The Morgan fingerprint density at radius 3 is 1.49 bits per heavy atom. The number of aliphatic hydroxyl groups is 3. The third-order valence-electron chi connectivity index (χ3n) is 19.0. The molecule has 372 valence electrons. The van der Waals surface area contributed by atoms with E-state index in [0.29, 0.717) is 32.3 Å². The molecule has 0 aromatic carbocycles. The van der Waals surface area contributed by atoms with E-state index in [1.165, 1.54) is 6.42 Å². The number of aliphatic hydroxyl groups excluding tert-OH is 3. The van der Waals surface area contributed by atoms with Crippen molar-refractivity contribution in [3.63, 3.8) is 0 Å². The lowest BCUT2D eigenvalue weighted by atomic mass is 9.46. The van der Waals surface area contributed by atoms with Gasteiger partial charge in [0.2, 0.25) is 0 Å². The van der Waals surface area contributed by atoms with Crippen LogP contribution < -0.4 is 0 Å². The van der Waals surface area contributed by atoms with Gasteiger partial charge in [-0.05, 0) is 119 Å². The summed E-state index contributed by atoms with van der Waals surface area (Å²) >= 11 is 0. The van der Waals surface area contributed by atoms with E-state index in [4.69, 9.17) is 23.7 Å². The summed E-state index contributed by atoms with van der Waals surface area (Å²) in [6.45, 7) is 18.7. The summed E-state index contributed by atoms with van der Waals surface area (Å²) in [6.07, 6.45) is 18.4. The molecule has 2 aliphatic heterocycles. The van der Waals surface area contributed by atoms with Crippen molar-refractivity contribution in [3.05, 3.63) is 47.6 Å². The highest BCUT2D eigenvalue weighted by atomic mass is 16.8. The Balaban J connectivity index is 0.000000172. The molecule has 67 heavy (non-hydrogen) atoms. The van der Waals surface area contributed by atoms with Crippen molar-refractivity contribution < 1.29 is 58.2 Å². The van der Waals surface area contributed by atoms with Crippen molar-refractivity contribution in [1.82, 2.24) is 0 Å². The molecule has 8 fully saturated rings. The van der Waals surface area contributed by atoms with Gasteiger partial charge in [0, 0.05) is 40.1 Å². The summed E-state index contributed by atoms with van der Waals surface area (Å²) in [5.41, 5.74) is -1.84. The molecular formula is C55H80O12. The molecule has 2 saturated heterocycles. The van der Waals surface area contributed by atoms with E-state index in [9.17, 15) is 34.5 Å². The van der Waals surface area contributed by atoms with Crippen molar-refractivity contribution in [2.24, 2.45) is 57.2 Å². The molecule has 3 N–H and O–H groups in total. The van der Waals surface area contributed by atoms with Gasteiger partial charge in [0.15, 0.2) is 46.9 Å². The first-order valence-electron chi connectivity index (χ1n) is 26.0. The number of rotatable bonds is 10. The highest BCUT2D eigenvalue weighted by Crippen LogP contribution is 2.71. The number of Topliss-reactive ketones (excluding diaryl/α,β-unsaturated/α-hetero) is 2. The van der Waals surface area contributed by atoms with E-state index < -0.39 is 53.2 Å². The quantitative estimate of drug-likeness (QED) is 0.194. The van der Waals surface area contributed by atoms with Crippen LogP contribution in [0.1, 0.15) is 146 Å². The van der Waals surface area contributed by atoms with Gasteiger partial charge >= 0.3 is 0 Å². The van der Waals surface area contributed by atoms with Gasteiger partial charge in [0.05, 0.1) is 24.4 Å². The van der Waals surface area contributed by atoms with Crippen molar-refractivity contribution in [1.29, 1.82) is 0 Å². The van der Waals surface area contributed by atoms with Gasteiger partial charge in [-0.2, -0.15) is 0 Å². The summed E-state index contributed by atoms with van der Waals surface area (Å²) in [4.78, 5) is 51.0. The largest absolute Gasteiger partial charge is 0.393 e. The van der Waals surface area contributed by atoms with Crippen LogP contribution in [-0.2, 0) is 42.9 Å². The lowest BCUT2D eigenvalue weighted by Gasteiger charge is -2.59. The minimum Gasteiger partial charge on any atom is -0.393 e. The predicted octanol–water partition coefficient (Wildman–Crippen LogP) is 7.89. The molecular weight excluding hydrogens is 853 g/mol. The van der Waals surface area contributed by atoms with E-state index >= 15 is 0 Å². The molecule has 10 rings (SSSR count). The molecule has 6 saturated carbocycles. The Kier molecular flexibility index (Phi) is 14.2. The molecule has 0 spiro atoms. The van der Waals surface area contributed by atoms with Crippen LogP contribution in [0.3, 0.4) is 0 Å². The summed E-state index contributed by atoms with van der Waals surface area (Å²) in [7, 11) is 0. The van der Waals surface area contributed by atoms with E-state index in [-0.39, 0.29) is 88.5 Å². The maximum absolute atomic E-state index is 13.7. The average molecular weight is 933 g/mol. The zero-order valence-electron chi connectivity index (χ0n) is 41.7. The number of carbonyl (C=O) groups is 4. The summed E-state index contributed by atoms with van der Waals surface area (Å²) in [6, 6.07) is 0. The molecule has 0 radical (unpaired) electrons. The molecule has 2 heterocycles. The molecule has 0 amide bonds. The van der Waals surface area contributed by atoms with Crippen molar-refractivity contribution >= 4 is 23.1 Å². The Bertz CT molecular complexity index is 2060. The number of fused-ring (bicyclic) bond motifs is 14. The topological polar surface area (TPSA) is 175 Å². The highest BCUT2D eigenvalue weighted by Gasteiger charge is 2.77. The van der Waals surface area contributed by atoms with Crippen LogP contribution in [0, 0.1) is 57.2 Å². The number of allylic oxidation sites excluding steroid dienone is 8. The Morgan fingerprint density at radius 2 is 1.10 bits per heavy atom. The Labute approximate surface area is 398 Å². The normalized spacial score (nSPS) is 47.2. The molecule has 18 atom stereocenters. The molecule has 0 aromatic heterocycles. The van der Waals surface area contributed by atoms with Crippen molar-refractivity contribution in [2.45, 2.75) is 194 Å². The minimum atomic E-state index is -1.20. The van der Waals surface area contributed by atoms with Crippen LogP contribution >= 0.6 is 0 Å². The second kappa shape index (κ2) is 18.8. The maximum atomic E-state index is 13.7. The number of hydrogen-bond donors (Lipinski definition) is 3. The SMILES string of the molecule is CCC.CCCC1O[C@@H]2C[C@H]3[C@@H]4CCC5=CC(=O)C=C[C@]5(C)[C@H]4[C@@H](O)C[C@]3(C)[C@]2(C(=O)CO)O1.CCCC1O[C@@H]2C[C@H]3[C@@H]4CCC5=CC(=O)C=C[C@]5(C)[C@H]4[C@@H](O)C[C@]3(C)[C@]2(C(=O)COCC)O1. The van der Waals surface area contributed by atoms with Gasteiger partial charge in [-0.1, -0.05) is 98.0 Å².